The maximum atomic E-state index is 9.94. The Morgan fingerprint density at radius 3 is 1.92 bits per heavy atom. The Bertz CT molecular complexity index is 509. The van der Waals surface area contributed by atoms with Crippen LogP contribution in [0.4, 0.5) is 0 Å². The van der Waals surface area contributed by atoms with Crippen LogP contribution in [0.1, 0.15) is 44.4 Å². The van der Waals surface area contributed by atoms with Gasteiger partial charge in [0.25, 0.3) is 0 Å². The Morgan fingerprint density at radius 1 is 0.846 bits per heavy atom. The number of aliphatic hydroxyl groups excluding tert-OH is 4. The molecule has 6 heteroatoms. The van der Waals surface area contributed by atoms with E-state index < -0.39 is 24.4 Å². The van der Waals surface area contributed by atoms with Gasteiger partial charge in [0.05, 0.1) is 24.4 Å². The van der Waals surface area contributed by atoms with E-state index in [9.17, 15) is 20.4 Å². The summed E-state index contributed by atoms with van der Waals surface area (Å²) in [5.41, 5.74) is 3.27. The van der Waals surface area contributed by atoms with Crippen molar-refractivity contribution in [1.29, 1.82) is 0 Å². The lowest BCUT2D eigenvalue weighted by molar-refractivity contribution is 0.0791. The van der Waals surface area contributed by atoms with E-state index in [1.807, 2.05) is 23.1 Å². The SMILES string of the molecule is CC(O)CNCc1cccc(CN(CC(C)O)CC(C)O)c1CC(C)O. The third-order valence-electron chi connectivity index (χ3n) is 4.06. The van der Waals surface area contributed by atoms with Crippen molar-refractivity contribution in [2.24, 2.45) is 0 Å². The van der Waals surface area contributed by atoms with Gasteiger partial charge in [-0.2, -0.15) is 0 Å². The monoisotopic (exact) mass is 368 g/mol. The highest BCUT2D eigenvalue weighted by Gasteiger charge is 2.16. The predicted molar refractivity (Wildman–Crippen MR) is 104 cm³/mol. The van der Waals surface area contributed by atoms with E-state index in [2.05, 4.69) is 5.32 Å². The van der Waals surface area contributed by atoms with Crippen molar-refractivity contribution in [3.8, 4) is 0 Å². The Balaban J connectivity index is 3.02. The molecule has 0 saturated carbocycles. The zero-order valence-electron chi connectivity index (χ0n) is 16.5. The third-order valence-corrected chi connectivity index (χ3v) is 4.06. The second-order valence-corrected chi connectivity index (χ2v) is 7.48. The molecular formula is C20H36N2O4. The second-order valence-electron chi connectivity index (χ2n) is 7.48. The number of hydrogen-bond donors (Lipinski definition) is 5. The van der Waals surface area contributed by atoms with E-state index >= 15 is 0 Å². The van der Waals surface area contributed by atoms with Crippen molar-refractivity contribution in [1.82, 2.24) is 10.2 Å². The predicted octanol–water partition coefficient (Wildman–Crippen LogP) is 0.644. The molecule has 0 fully saturated rings. The van der Waals surface area contributed by atoms with Gasteiger partial charge in [0.1, 0.15) is 0 Å². The van der Waals surface area contributed by atoms with E-state index in [1.165, 1.54) is 0 Å². The zero-order chi connectivity index (χ0) is 19.7. The molecule has 0 aliphatic rings. The van der Waals surface area contributed by atoms with E-state index in [0.29, 0.717) is 39.1 Å². The van der Waals surface area contributed by atoms with Gasteiger partial charge in [-0.25, -0.2) is 0 Å². The first-order valence-electron chi connectivity index (χ1n) is 9.44. The van der Waals surface area contributed by atoms with Crippen LogP contribution in [0.25, 0.3) is 0 Å². The molecule has 0 radical (unpaired) electrons. The van der Waals surface area contributed by atoms with Gasteiger partial charge < -0.3 is 25.7 Å². The summed E-state index contributed by atoms with van der Waals surface area (Å²) in [6.07, 6.45) is -1.30. The molecule has 1 rings (SSSR count). The van der Waals surface area contributed by atoms with Crippen molar-refractivity contribution in [2.75, 3.05) is 19.6 Å². The van der Waals surface area contributed by atoms with Crippen LogP contribution < -0.4 is 5.32 Å². The molecule has 0 saturated heterocycles. The lowest BCUT2D eigenvalue weighted by atomic mass is 9.95. The highest BCUT2D eigenvalue weighted by Crippen LogP contribution is 2.20. The minimum Gasteiger partial charge on any atom is -0.393 e. The Morgan fingerprint density at radius 2 is 1.42 bits per heavy atom. The topological polar surface area (TPSA) is 96.2 Å². The molecule has 26 heavy (non-hydrogen) atoms. The maximum absolute atomic E-state index is 9.94. The molecule has 0 bridgehead atoms. The Hall–Kier alpha value is -1.02. The highest BCUT2D eigenvalue weighted by atomic mass is 16.3. The number of nitrogens with zero attached hydrogens (tertiary/aromatic N) is 1. The van der Waals surface area contributed by atoms with Crippen LogP contribution >= 0.6 is 0 Å². The molecule has 0 aliphatic carbocycles. The van der Waals surface area contributed by atoms with Crippen LogP contribution in [0.2, 0.25) is 0 Å². The van der Waals surface area contributed by atoms with Gasteiger partial charge in [-0.3, -0.25) is 4.90 Å². The van der Waals surface area contributed by atoms with Gasteiger partial charge in [-0.05, 0) is 50.8 Å². The number of hydrogen-bond acceptors (Lipinski definition) is 6. The molecule has 0 heterocycles. The second kappa shape index (κ2) is 11.6. The fourth-order valence-electron chi connectivity index (χ4n) is 3.17. The average molecular weight is 369 g/mol. The molecule has 0 aromatic heterocycles. The zero-order valence-corrected chi connectivity index (χ0v) is 16.5. The van der Waals surface area contributed by atoms with Crippen molar-refractivity contribution in [3.63, 3.8) is 0 Å². The largest absolute Gasteiger partial charge is 0.393 e. The van der Waals surface area contributed by atoms with Crippen LogP contribution in [-0.2, 0) is 19.5 Å². The van der Waals surface area contributed by atoms with Gasteiger partial charge in [-0.1, -0.05) is 18.2 Å². The standard InChI is InChI=1S/C20H36N2O4/c1-14(23)8-20-18(10-21-9-15(2)24)6-5-7-19(20)13-22(11-16(3)25)12-17(4)26/h5-7,14-17,21,23-26H,8-13H2,1-4H3. The van der Waals surface area contributed by atoms with Gasteiger partial charge in [-0.15, -0.1) is 0 Å². The normalized spacial score (nSPS) is 16.5. The molecule has 0 amide bonds. The van der Waals surface area contributed by atoms with Gasteiger partial charge in [0.15, 0.2) is 0 Å². The number of rotatable bonds is 12. The molecule has 5 N–H and O–H groups in total. The highest BCUT2D eigenvalue weighted by molar-refractivity contribution is 5.36. The third kappa shape index (κ3) is 9.07. The summed E-state index contributed by atoms with van der Waals surface area (Å²) in [6, 6.07) is 6.06. The summed E-state index contributed by atoms with van der Waals surface area (Å²) in [4.78, 5) is 2.03. The van der Waals surface area contributed by atoms with Crippen molar-refractivity contribution >= 4 is 0 Å². The average Bonchev–Trinajstić information content (AvgIpc) is 2.48. The molecule has 0 aliphatic heterocycles. The lowest BCUT2D eigenvalue weighted by Crippen LogP contribution is -2.36. The summed E-state index contributed by atoms with van der Waals surface area (Å²) >= 11 is 0. The Labute approximate surface area is 157 Å². The van der Waals surface area contributed by atoms with Crippen LogP contribution in [0, 0.1) is 0 Å². The molecule has 1 aromatic carbocycles. The molecule has 4 unspecified atom stereocenters. The molecule has 150 valence electrons. The van der Waals surface area contributed by atoms with Crippen molar-refractivity contribution in [3.05, 3.63) is 34.9 Å². The smallest absolute Gasteiger partial charge is 0.0639 e. The van der Waals surface area contributed by atoms with Crippen molar-refractivity contribution in [2.45, 2.75) is 71.6 Å². The number of nitrogens with one attached hydrogen (secondary N) is 1. The van der Waals surface area contributed by atoms with Crippen LogP contribution in [-0.4, -0.2) is 69.4 Å². The summed E-state index contributed by atoms with van der Waals surface area (Å²) in [5, 5.41) is 42.1. The first-order valence-corrected chi connectivity index (χ1v) is 9.44. The van der Waals surface area contributed by atoms with Crippen molar-refractivity contribution < 1.29 is 20.4 Å². The summed E-state index contributed by atoms with van der Waals surface area (Å²) in [6.45, 7) is 9.67. The fraction of sp³-hybridized carbons (Fsp3) is 0.700. The summed E-state index contributed by atoms with van der Waals surface area (Å²) in [7, 11) is 0. The van der Waals surface area contributed by atoms with E-state index in [1.54, 1.807) is 27.7 Å². The van der Waals surface area contributed by atoms with Gasteiger partial charge >= 0.3 is 0 Å². The Kier molecular flexibility index (Phi) is 10.3. The quantitative estimate of drug-likeness (QED) is 0.372. The lowest BCUT2D eigenvalue weighted by Gasteiger charge is -2.27. The van der Waals surface area contributed by atoms with Gasteiger partial charge in [0.2, 0.25) is 0 Å². The molecule has 0 spiro atoms. The molecular weight excluding hydrogens is 332 g/mol. The maximum Gasteiger partial charge on any atom is 0.0639 e. The molecule has 4 atom stereocenters. The number of benzene rings is 1. The summed E-state index contributed by atoms with van der Waals surface area (Å²) < 4.78 is 0. The first kappa shape index (κ1) is 23.0. The fourth-order valence-corrected chi connectivity index (χ4v) is 3.17. The van der Waals surface area contributed by atoms with Crippen LogP contribution in [0.5, 0.6) is 0 Å². The van der Waals surface area contributed by atoms with Crippen LogP contribution in [0.15, 0.2) is 18.2 Å². The minimum atomic E-state index is -0.482. The van der Waals surface area contributed by atoms with E-state index in [4.69, 9.17) is 0 Å². The van der Waals surface area contributed by atoms with E-state index in [0.717, 1.165) is 16.7 Å². The number of aliphatic hydroxyl groups is 4. The molecule has 6 nitrogen and oxygen atoms in total. The van der Waals surface area contributed by atoms with Gasteiger partial charge in [0, 0.05) is 32.7 Å². The molecule has 1 aromatic rings. The summed E-state index contributed by atoms with van der Waals surface area (Å²) in [5.74, 6) is 0. The van der Waals surface area contributed by atoms with Crippen LogP contribution in [0.3, 0.4) is 0 Å². The van der Waals surface area contributed by atoms with E-state index in [-0.39, 0.29) is 0 Å². The first-order chi connectivity index (χ1) is 12.2. The minimum absolute atomic E-state index is 0.411.